The Bertz CT molecular complexity index is 987. The van der Waals surface area contributed by atoms with Gasteiger partial charge in [0, 0.05) is 10.7 Å². The Morgan fingerprint density at radius 1 is 1.12 bits per heavy atom. The minimum atomic E-state index is -4.84. The number of benzene rings is 1. The number of urea groups is 1. The van der Waals surface area contributed by atoms with Gasteiger partial charge >= 0.3 is 12.2 Å². The average molecular weight is 400 g/mol. The number of anilines is 1. The molecular weight excluding hydrogens is 391 g/mol. The third kappa shape index (κ3) is 3.94. The molecule has 2 aromatic heterocycles. The average Bonchev–Trinajstić information content (AvgIpc) is 3.02. The highest BCUT2D eigenvalue weighted by molar-refractivity contribution is 7.17. The number of fused-ring (bicyclic) bond motifs is 1. The molecule has 134 valence electrons. The van der Waals surface area contributed by atoms with E-state index < -0.39 is 29.4 Å². The Kier molecular flexibility index (Phi) is 4.84. The zero-order valence-corrected chi connectivity index (χ0v) is 14.3. The molecule has 2 N–H and O–H groups in total. The SMILES string of the molecule is O=C(NC(=O)c1cc2sccc2nc1C(F)(F)F)Nc1ccc(Cl)cc1. The van der Waals surface area contributed by atoms with Crippen LogP contribution in [0.15, 0.2) is 41.8 Å². The topological polar surface area (TPSA) is 71.1 Å². The number of pyridine rings is 1. The molecule has 0 fully saturated rings. The third-order valence-corrected chi connectivity index (χ3v) is 4.38. The molecule has 0 radical (unpaired) electrons. The van der Waals surface area contributed by atoms with Gasteiger partial charge in [0.15, 0.2) is 5.69 Å². The summed E-state index contributed by atoms with van der Waals surface area (Å²) in [6.07, 6.45) is -4.84. The number of nitrogens with one attached hydrogen (secondary N) is 2. The lowest BCUT2D eigenvalue weighted by atomic mass is 10.1. The molecule has 0 atom stereocenters. The van der Waals surface area contributed by atoms with E-state index in [0.29, 0.717) is 15.4 Å². The molecule has 10 heteroatoms. The summed E-state index contributed by atoms with van der Waals surface area (Å²) in [6.45, 7) is 0. The van der Waals surface area contributed by atoms with Crippen LogP contribution in [0.3, 0.4) is 0 Å². The largest absolute Gasteiger partial charge is 0.434 e. The lowest BCUT2D eigenvalue weighted by Crippen LogP contribution is -2.35. The third-order valence-electron chi connectivity index (χ3n) is 3.28. The van der Waals surface area contributed by atoms with Crippen LogP contribution in [0.4, 0.5) is 23.7 Å². The van der Waals surface area contributed by atoms with Crippen molar-refractivity contribution in [2.45, 2.75) is 6.18 Å². The fraction of sp³-hybridized carbons (Fsp3) is 0.0625. The number of alkyl halides is 3. The Labute approximate surface area is 153 Å². The Morgan fingerprint density at radius 2 is 1.81 bits per heavy atom. The van der Waals surface area contributed by atoms with E-state index in [-0.39, 0.29) is 5.52 Å². The van der Waals surface area contributed by atoms with Gasteiger partial charge in [0.05, 0.1) is 15.8 Å². The summed E-state index contributed by atoms with van der Waals surface area (Å²) < 4.78 is 40.0. The second kappa shape index (κ2) is 6.93. The number of amides is 3. The maximum Gasteiger partial charge on any atom is 0.434 e. The standard InChI is InChI=1S/C16H9ClF3N3O2S/c17-8-1-3-9(4-2-8)21-15(25)23-14(24)10-7-12-11(5-6-26-12)22-13(10)16(18,19)20/h1-7H,(H2,21,23,24,25). The van der Waals surface area contributed by atoms with Crippen LogP contribution < -0.4 is 10.6 Å². The molecule has 0 aliphatic rings. The number of hydrogen-bond acceptors (Lipinski definition) is 4. The maximum absolute atomic E-state index is 13.2. The first kappa shape index (κ1) is 18.2. The lowest BCUT2D eigenvalue weighted by molar-refractivity contribution is -0.141. The van der Waals surface area contributed by atoms with Crippen molar-refractivity contribution in [3.8, 4) is 0 Å². The molecule has 0 bridgehead atoms. The van der Waals surface area contributed by atoms with Crippen LogP contribution >= 0.6 is 22.9 Å². The van der Waals surface area contributed by atoms with Crippen molar-refractivity contribution in [3.05, 3.63) is 58.1 Å². The van der Waals surface area contributed by atoms with E-state index in [4.69, 9.17) is 11.6 Å². The van der Waals surface area contributed by atoms with E-state index in [1.807, 2.05) is 5.32 Å². The summed E-state index contributed by atoms with van der Waals surface area (Å²) in [5.41, 5.74) is -1.62. The Hall–Kier alpha value is -2.65. The van der Waals surface area contributed by atoms with E-state index in [1.54, 1.807) is 5.38 Å². The van der Waals surface area contributed by atoms with E-state index in [2.05, 4.69) is 10.3 Å². The summed E-state index contributed by atoms with van der Waals surface area (Å²) in [5, 5.41) is 6.21. The highest BCUT2D eigenvalue weighted by Crippen LogP contribution is 2.33. The highest BCUT2D eigenvalue weighted by Gasteiger charge is 2.38. The summed E-state index contributed by atoms with van der Waals surface area (Å²) in [5.74, 6) is -1.20. The zero-order chi connectivity index (χ0) is 18.9. The smallest absolute Gasteiger partial charge is 0.308 e. The zero-order valence-electron chi connectivity index (χ0n) is 12.7. The minimum Gasteiger partial charge on any atom is -0.308 e. The van der Waals surface area contributed by atoms with Crippen molar-refractivity contribution < 1.29 is 22.8 Å². The monoisotopic (exact) mass is 399 g/mol. The first-order valence-electron chi connectivity index (χ1n) is 7.07. The van der Waals surface area contributed by atoms with E-state index in [9.17, 15) is 22.8 Å². The van der Waals surface area contributed by atoms with Crippen LogP contribution in [0.25, 0.3) is 10.2 Å². The van der Waals surface area contributed by atoms with E-state index in [0.717, 1.165) is 17.4 Å². The molecule has 0 aliphatic heterocycles. The maximum atomic E-state index is 13.2. The quantitative estimate of drug-likeness (QED) is 0.641. The molecule has 2 heterocycles. The predicted octanol–water partition coefficient (Wildman–Crippen LogP) is 4.93. The van der Waals surface area contributed by atoms with Gasteiger partial charge in [0.25, 0.3) is 5.91 Å². The summed E-state index contributed by atoms with van der Waals surface area (Å²) >= 11 is 6.85. The van der Waals surface area contributed by atoms with Crippen molar-refractivity contribution in [1.29, 1.82) is 0 Å². The number of carbonyl (C=O) groups excluding carboxylic acids is 2. The second-order valence-corrected chi connectivity index (χ2v) is 6.49. The van der Waals surface area contributed by atoms with Crippen LogP contribution in [0.1, 0.15) is 16.1 Å². The van der Waals surface area contributed by atoms with Crippen molar-refractivity contribution >= 4 is 50.8 Å². The molecular formula is C16H9ClF3N3O2S. The molecule has 1 aromatic carbocycles. The van der Waals surface area contributed by atoms with E-state index >= 15 is 0 Å². The van der Waals surface area contributed by atoms with Gasteiger partial charge in [-0.2, -0.15) is 13.2 Å². The van der Waals surface area contributed by atoms with Crippen molar-refractivity contribution in [2.24, 2.45) is 0 Å². The molecule has 0 spiro atoms. The molecule has 3 aromatic rings. The minimum absolute atomic E-state index is 0.129. The number of hydrogen-bond donors (Lipinski definition) is 2. The van der Waals surface area contributed by atoms with Gasteiger partial charge in [-0.1, -0.05) is 11.6 Å². The van der Waals surface area contributed by atoms with Crippen molar-refractivity contribution in [3.63, 3.8) is 0 Å². The number of nitrogens with zero attached hydrogens (tertiary/aromatic N) is 1. The fourth-order valence-corrected chi connectivity index (χ4v) is 3.04. The highest BCUT2D eigenvalue weighted by atomic mass is 35.5. The number of aromatic nitrogens is 1. The molecule has 3 amide bonds. The van der Waals surface area contributed by atoms with Gasteiger partial charge in [-0.3, -0.25) is 10.1 Å². The number of imide groups is 1. The second-order valence-electron chi connectivity index (χ2n) is 5.10. The first-order chi connectivity index (χ1) is 12.2. The number of carbonyl (C=O) groups is 2. The van der Waals surface area contributed by atoms with Crippen LogP contribution in [-0.2, 0) is 6.18 Å². The van der Waals surface area contributed by atoms with Gasteiger partial charge in [-0.15, -0.1) is 11.3 Å². The molecule has 0 unspecified atom stereocenters. The van der Waals surface area contributed by atoms with Crippen molar-refractivity contribution in [2.75, 3.05) is 5.32 Å². The number of halogens is 4. The van der Waals surface area contributed by atoms with Crippen LogP contribution in [0.2, 0.25) is 5.02 Å². The van der Waals surface area contributed by atoms with Gasteiger partial charge in [0.2, 0.25) is 0 Å². The normalized spacial score (nSPS) is 11.4. The molecule has 0 saturated heterocycles. The molecule has 0 saturated carbocycles. The number of thiophene rings is 1. The van der Waals surface area contributed by atoms with Gasteiger partial charge in [-0.25, -0.2) is 9.78 Å². The van der Waals surface area contributed by atoms with Crippen molar-refractivity contribution in [1.82, 2.24) is 10.3 Å². The van der Waals surface area contributed by atoms with Gasteiger partial charge < -0.3 is 5.32 Å². The Balaban J connectivity index is 1.84. The summed E-state index contributed by atoms with van der Waals surface area (Å²) in [6, 6.07) is 7.49. The Morgan fingerprint density at radius 3 is 2.46 bits per heavy atom. The number of rotatable bonds is 2. The lowest BCUT2D eigenvalue weighted by Gasteiger charge is -2.12. The first-order valence-corrected chi connectivity index (χ1v) is 8.33. The fourth-order valence-electron chi connectivity index (χ4n) is 2.15. The molecule has 3 rings (SSSR count). The van der Waals surface area contributed by atoms with Gasteiger partial charge in [0.1, 0.15) is 0 Å². The van der Waals surface area contributed by atoms with Gasteiger partial charge in [-0.05, 0) is 41.8 Å². The molecule has 26 heavy (non-hydrogen) atoms. The van der Waals surface area contributed by atoms with Crippen LogP contribution in [-0.4, -0.2) is 16.9 Å². The van der Waals surface area contributed by atoms with Crippen LogP contribution in [0, 0.1) is 0 Å². The summed E-state index contributed by atoms with van der Waals surface area (Å²) in [7, 11) is 0. The molecule has 0 aliphatic carbocycles. The molecule has 5 nitrogen and oxygen atoms in total. The summed E-state index contributed by atoms with van der Waals surface area (Å²) in [4.78, 5) is 27.6. The van der Waals surface area contributed by atoms with Crippen LogP contribution in [0.5, 0.6) is 0 Å². The predicted molar refractivity (Wildman–Crippen MR) is 92.6 cm³/mol. The van der Waals surface area contributed by atoms with E-state index in [1.165, 1.54) is 30.3 Å².